The molecule has 0 saturated carbocycles. The van der Waals surface area contributed by atoms with Crippen molar-refractivity contribution in [2.45, 2.75) is 13.3 Å². The number of para-hydroxylation sites is 1. The van der Waals surface area contributed by atoms with E-state index >= 15 is 0 Å². The average Bonchev–Trinajstić information content (AvgIpc) is 2.37. The Morgan fingerprint density at radius 2 is 1.94 bits per heavy atom. The molecule has 0 unspecified atom stereocenters. The van der Waals surface area contributed by atoms with E-state index in [1.54, 1.807) is 6.07 Å². The molecule has 1 aromatic carbocycles. The van der Waals surface area contributed by atoms with Gasteiger partial charge in [-0.2, -0.15) is 0 Å². The van der Waals surface area contributed by atoms with Gasteiger partial charge in [0.25, 0.3) is 0 Å². The minimum absolute atomic E-state index is 0.00738. The zero-order valence-electron chi connectivity index (χ0n) is 9.74. The van der Waals surface area contributed by atoms with Crippen LogP contribution in [0.1, 0.15) is 13.3 Å². The van der Waals surface area contributed by atoms with E-state index in [2.05, 4.69) is 21.8 Å². The summed E-state index contributed by atoms with van der Waals surface area (Å²) in [7, 11) is 0. The van der Waals surface area contributed by atoms with Crippen molar-refractivity contribution < 1.29 is 5.11 Å². The van der Waals surface area contributed by atoms with Crippen molar-refractivity contribution in [1.82, 2.24) is 9.97 Å². The van der Waals surface area contributed by atoms with E-state index in [1.165, 1.54) is 6.33 Å². The zero-order chi connectivity index (χ0) is 12.1. The largest absolute Gasteiger partial charge is 0.493 e. The molecule has 0 aliphatic rings. The number of hydrogen-bond acceptors (Lipinski definition) is 4. The van der Waals surface area contributed by atoms with Gasteiger partial charge in [-0.1, -0.05) is 25.1 Å². The second kappa shape index (κ2) is 5.30. The monoisotopic (exact) mass is 229 g/mol. The van der Waals surface area contributed by atoms with Crippen LogP contribution < -0.4 is 4.90 Å². The van der Waals surface area contributed by atoms with Gasteiger partial charge in [0.15, 0.2) is 0 Å². The number of hydrogen-bond donors (Lipinski definition) is 1. The molecule has 88 valence electrons. The third kappa shape index (κ3) is 2.72. The Morgan fingerprint density at radius 3 is 2.59 bits per heavy atom. The fraction of sp³-hybridized carbons (Fsp3) is 0.231. The molecule has 1 N–H and O–H groups in total. The zero-order valence-corrected chi connectivity index (χ0v) is 9.74. The number of aromatic nitrogens is 2. The molecule has 0 radical (unpaired) electrons. The fourth-order valence-electron chi connectivity index (χ4n) is 1.69. The van der Waals surface area contributed by atoms with Crippen LogP contribution in [-0.2, 0) is 0 Å². The van der Waals surface area contributed by atoms with Crippen LogP contribution in [0.5, 0.6) is 5.88 Å². The minimum Gasteiger partial charge on any atom is -0.493 e. The highest BCUT2D eigenvalue weighted by Crippen LogP contribution is 2.24. The third-order valence-corrected chi connectivity index (χ3v) is 2.43. The summed E-state index contributed by atoms with van der Waals surface area (Å²) in [6, 6.07) is 11.6. The Kier molecular flexibility index (Phi) is 3.55. The first kappa shape index (κ1) is 11.4. The summed E-state index contributed by atoms with van der Waals surface area (Å²) in [5.74, 6) is 0.706. The number of benzene rings is 1. The summed E-state index contributed by atoms with van der Waals surface area (Å²) < 4.78 is 0. The summed E-state index contributed by atoms with van der Waals surface area (Å²) >= 11 is 0. The first-order chi connectivity index (χ1) is 8.31. The molecule has 0 aliphatic heterocycles. The minimum atomic E-state index is -0.00738. The topological polar surface area (TPSA) is 49.2 Å². The molecule has 1 heterocycles. The van der Waals surface area contributed by atoms with E-state index in [0.717, 1.165) is 18.7 Å². The maximum atomic E-state index is 9.40. The Hall–Kier alpha value is -2.10. The van der Waals surface area contributed by atoms with Crippen LogP contribution in [0.25, 0.3) is 0 Å². The smallest absolute Gasteiger partial charge is 0.215 e. The predicted molar refractivity (Wildman–Crippen MR) is 67.4 cm³/mol. The first-order valence-corrected chi connectivity index (χ1v) is 5.65. The van der Waals surface area contributed by atoms with Crippen LogP contribution in [0, 0.1) is 0 Å². The summed E-state index contributed by atoms with van der Waals surface area (Å²) in [6.45, 7) is 2.96. The normalized spacial score (nSPS) is 10.2. The highest BCUT2D eigenvalue weighted by Gasteiger charge is 2.09. The molecule has 4 heteroatoms. The number of anilines is 2. The number of nitrogens with zero attached hydrogens (tertiary/aromatic N) is 3. The number of aromatic hydroxyl groups is 1. The van der Waals surface area contributed by atoms with E-state index in [-0.39, 0.29) is 5.88 Å². The van der Waals surface area contributed by atoms with Crippen molar-refractivity contribution in [1.29, 1.82) is 0 Å². The maximum Gasteiger partial charge on any atom is 0.215 e. The third-order valence-electron chi connectivity index (χ3n) is 2.43. The molecule has 4 nitrogen and oxygen atoms in total. The van der Waals surface area contributed by atoms with E-state index in [0.29, 0.717) is 5.82 Å². The van der Waals surface area contributed by atoms with Crippen molar-refractivity contribution in [3.05, 3.63) is 42.7 Å². The Balaban J connectivity index is 2.35. The van der Waals surface area contributed by atoms with E-state index < -0.39 is 0 Å². The van der Waals surface area contributed by atoms with Gasteiger partial charge in [-0.15, -0.1) is 0 Å². The second-order valence-electron chi connectivity index (χ2n) is 3.72. The van der Waals surface area contributed by atoms with Gasteiger partial charge < -0.3 is 10.0 Å². The molecular weight excluding hydrogens is 214 g/mol. The van der Waals surface area contributed by atoms with Crippen LogP contribution in [0.2, 0.25) is 0 Å². The lowest BCUT2D eigenvalue weighted by atomic mass is 10.2. The summed E-state index contributed by atoms with van der Waals surface area (Å²) in [6.07, 6.45) is 2.37. The van der Waals surface area contributed by atoms with Crippen molar-refractivity contribution in [2.75, 3.05) is 11.4 Å². The van der Waals surface area contributed by atoms with Gasteiger partial charge >= 0.3 is 0 Å². The van der Waals surface area contributed by atoms with E-state index in [4.69, 9.17) is 0 Å². The lowest BCUT2D eigenvalue weighted by Crippen LogP contribution is -2.18. The van der Waals surface area contributed by atoms with Gasteiger partial charge in [-0.05, 0) is 18.6 Å². The average molecular weight is 229 g/mol. The highest BCUT2D eigenvalue weighted by atomic mass is 16.3. The van der Waals surface area contributed by atoms with Crippen LogP contribution in [0.3, 0.4) is 0 Å². The van der Waals surface area contributed by atoms with Crippen LogP contribution in [0.4, 0.5) is 11.5 Å². The lowest BCUT2D eigenvalue weighted by Gasteiger charge is -2.22. The van der Waals surface area contributed by atoms with E-state index in [9.17, 15) is 5.11 Å². The Labute approximate surface area is 101 Å². The quantitative estimate of drug-likeness (QED) is 0.875. The van der Waals surface area contributed by atoms with Crippen LogP contribution in [0.15, 0.2) is 42.7 Å². The molecule has 1 aromatic heterocycles. The molecule has 0 amide bonds. The molecule has 0 fully saturated rings. The van der Waals surface area contributed by atoms with Gasteiger partial charge in [-0.3, -0.25) is 0 Å². The van der Waals surface area contributed by atoms with Gasteiger partial charge in [0, 0.05) is 18.3 Å². The van der Waals surface area contributed by atoms with Crippen molar-refractivity contribution in [2.24, 2.45) is 0 Å². The first-order valence-electron chi connectivity index (χ1n) is 5.65. The lowest BCUT2D eigenvalue weighted by molar-refractivity contribution is 0.452. The molecule has 17 heavy (non-hydrogen) atoms. The van der Waals surface area contributed by atoms with Crippen molar-refractivity contribution in [3.8, 4) is 5.88 Å². The summed E-state index contributed by atoms with van der Waals surface area (Å²) in [5.41, 5.74) is 1.06. The van der Waals surface area contributed by atoms with Gasteiger partial charge in [0.2, 0.25) is 5.88 Å². The Bertz CT molecular complexity index is 473. The second-order valence-corrected chi connectivity index (χ2v) is 3.72. The van der Waals surface area contributed by atoms with Gasteiger partial charge in [0.05, 0.1) is 0 Å². The SMILES string of the molecule is CCCN(c1ccccc1)c1cc(O)ncn1. The van der Waals surface area contributed by atoms with Crippen molar-refractivity contribution in [3.63, 3.8) is 0 Å². The highest BCUT2D eigenvalue weighted by molar-refractivity contribution is 5.60. The van der Waals surface area contributed by atoms with E-state index in [1.807, 2.05) is 30.3 Å². The molecule has 0 bridgehead atoms. The molecule has 2 rings (SSSR count). The fourth-order valence-corrected chi connectivity index (χ4v) is 1.69. The predicted octanol–water partition coefficient (Wildman–Crippen LogP) is 2.73. The van der Waals surface area contributed by atoms with Crippen LogP contribution >= 0.6 is 0 Å². The summed E-state index contributed by atoms with van der Waals surface area (Å²) in [5, 5.41) is 9.40. The van der Waals surface area contributed by atoms with Crippen LogP contribution in [-0.4, -0.2) is 21.6 Å². The molecule has 0 atom stereocenters. The molecule has 0 saturated heterocycles. The molecular formula is C13H15N3O. The van der Waals surface area contributed by atoms with Gasteiger partial charge in [0.1, 0.15) is 12.1 Å². The Morgan fingerprint density at radius 1 is 1.18 bits per heavy atom. The van der Waals surface area contributed by atoms with Gasteiger partial charge in [-0.25, -0.2) is 9.97 Å². The molecule has 0 aliphatic carbocycles. The number of rotatable bonds is 4. The molecule has 0 spiro atoms. The van der Waals surface area contributed by atoms with Crippen molar-refractivity contribution >= 4 is 11.5 Å². The molecule has 2 aromatic rings. The summed E-state index contributed by atoms with van der Waals surface area (Å²) in [4.78, 5) is 9.94. The standard InChI is InChI=1S/C13H15N3O/c1-2-8-16(11-6-4-3-5-7-11)12-9-13(17)15-10-14-12/h3-7,9-10H,2,8H2,1H3,(H,14,15,17). The maximum absolute atomic E-state index is 9.40.